The van der Waals surface area contributed by atoms with Crippen LogP contribution in [0, 0.1) is 0 Å². The standard InChI is InChI=1S/C51H35N2P/c1-5-20-38(21-6-1)51(39-22-7-2-8-23-39)46-31-16-15-29-45(46)47-48(44-30-17-19-36-18-13-14-28-43(36)44)52-50(53-49(47)51)37-32-34-42(35-33-37)54(40-24-9-3-10-25-40)41-26-11-4-12-27-41/h1-35H. The summed E-state index contributed by atoms with van der Waals surface area (Å²) in [5.74, 6) is 0.719. The van der Waals surface area contributed by atoms with Crippen LogP contribution in [0.1, 0.15) is 22.4 Å². The Bertz CT molecular complexity index is 2660. The lowest BCUT2D eigenvalue weighted by Gasteiger charge is -2.33. The maximum atomic E-state index is 5.70. The largest absolute Gasteiger partial charge is 0.231 e. The van der Waals surface area contributed by atoms with Gasteiger partial charge in [0.15, 0.2) is 5.82 Å². The van der Waals surface area contributed by atoms with Crippen molar-refractivity contribution >= 4 is 34.6 Å². The maximum absolute atomic E-state index is 5.70. The molecule has 1 aliphatic rings. The molecule has 0 amide bonds. The summed E-state index contributed by atoms with van der Waals surface area (Å²) in [6, 6.07) is 76.5. The molecule has 1 heterocycles. The Morgan fingerprint density at radius 2 is 0.889 bits per heavy atom. The summed E-state index contributed by atoms with van der Waals surface area (Å²) in [7, 11) is -0.742. The average Bonchev–Trinajstić information content (AvgIpc) is 3.56. The number of hydrogen-bond donors (Lipinski definition) is 0. The lowest BCUT2D eigenvalue weighted by molar-refractivity contribution is 0.736. The Morgan fingerprint density at radius 1 is 0.389 bits per heavy atom. The molecule has 8 aromatic carbocycles. The Morgan fingerprint density at radius 3 is 1.54 bits per heavy atom. The lowest BCUT2D eigenvalue weighted by Crippen LogP contribution is -2.30. The van der Waals surface area contributed by atoms with E-state index in [1.54, 1.807) is 0 Å². The summed E-state index contributed by atoms with van der Waals surface area (Å²) in [5.41, 5.74) is 9.25. The summed E-state index contributed by atoms with van der Waals surface area (Å²) in [6.07, 6.45) is 0. The zero-order valence-corrected chi connectivity index (χ0v) is 30.4. The molecule has 0 spiro atoms. The average molecular weight is 707 g/mol. The van der Waals surface area contributed by atoms with Crippen molar-refractivity contribution in [2.45, 2.75) is 5.41 Å². The van der Waals surface area contributed by atoms with Gasteiger partial charge >= 0.3 is 0 Å². The van der Waals surface area contributed by atoms with Gasteiger partial charge in [-0.1, -0.05) is 212 Å². The van der Waals surface area contributed by atoms with Gasteiger partial charge < -0.3 is 0 Å². The van der Waals surface area contributed by atoms with Crippen LogP contribution in [0.2, 0.25) is 0 Å². The first-order valence-corrected chi connectivity index (χ1v) is 19.8. The fraction of sp³-hybridized carbons (Fsp3) is 0.0196. The van der Waals surface area contributed by atoms with Gasteiger partial charge in [0.1, 0.15) is 0 Å². The smallest absolute Gasteiger partial charge is 0.160 e. The molecule has 9 aromatic rings. The van der Waals surface area contributed by atoms with Crippen LogP contribution in [-0.4, -0.2) is 9.97 Å². The number of rotatable bonds is 7. The topological polar surface area (TPSA) is 25.8 Å². The minimum Gasteiger partial charge on any atom is -0.231 e. The van der Waals surface area contributed by atoms with Crippen LogP contribution in [0.15, 0.2) is 212 Å². The van der Waals surface area contributed by atoms with Crippen molar-refractivity contribution in [1.82, 2.24) is 9.97 Å². The zero-order valence-electron chi connectivity index (χ0n) is 29.5. The van der Waals surface area contributed by atoms with Gasteiger partial charge in [-0.25, -0.2) is 9.97 Å². The van der Waals surface area contributed by atoms with E-state index in [1.165, 1.54) is 48.9 Å². The van der Waals surface area contributed by atoms with Gasteiger partial charge in [0.25, 0.3) is 0 Å². The molecule has 0 N–H and O–H groups in total. The van der Waals surface area contributed by atoms with Gasteiger partial charge in [0.05, 0.1) is 16.8 Å². The number of benzene rings is 8. The first-order valence-electron chi connectivity index (χ1n) is 18.4. The molecule has 2 nitrogen and oxygen atoms in total. The Balaban J connectivity index is 1.25. The highest BCUT2D eigenvalue weighted by Crippen LogP contribution is 2.57. The molecule has 254 valence electrons. The van der Waals surface area contributed by atoms with Crippen LogP contribution in [0.3, 0.4) is 0 Å². The van der Waals surface area contributed by atoms with Crippen molar-refractivity contribution in [3.8, 4) is 33.8 Å². The third-order valence-corrected chi connectivity index (χ3v) is 13.2. The second kappa shape index (κ2) is 13.5. The van der Waals surface area contributed by atoms with E-state index in [4.69, 9.17) is 9.97 Å². The van der Waals surface area contributed by atoms with Gasteiger partial charge in [-0.3, -0.25) is 0 Å². The minimum absolute atomic E-state index is 0.652. The molecule has 54 heavy (non-hydrogen) atoms. The molecular formula is C51H35N2P. The fourth-order valence-corrected chi connectivity index (χ4v) is 10.7. The molecule has 0 atom stereocenters. The van der Waals surface area contributed by atoms with Crippen molar-refractivity contribution in [1.29, 1.82) is 0 Å². The first kappa shape index (κ1) is 32.2. The molecule has 3 heteroatoms. The van der Waals surface area contributed by atoms with Crippen molar-refractivity contribution in [2.75, 3.05) is 0 Å². The predicted molar refractivity (Wildman–Crippen MR) is 226 cm³/mol. The van der Waals surface area contributed by atoms with E-state index in [0.29, 0.717) is 0 Å². The quantitative estimate of drug-likeness (QED) is 0.154. The second-order valence-corrected chi connectivity index (χ2v) is 15.9. The monoisotopic (exact) mass is 706 g/mol. The van der Waals surface area contributed by atoms with Crippen LogP contribution in [0.5, 0.6) is 0 Å². The van der Waals surface area contributed by atoms with Gasteiger partial charge in [0, 0.05) is 16.7 Å². The van der Waals surface area contributed by atoms with Crippen molar-refractivity contribution in [3.05, 3.63) is 235 Å². The number of fused-ring (bicyclic) bond motifs is 4. The van der Waals surface area contributed by atoms with Gasteiger partial charge in [-0.05, 0) is 56.9 Å². The SMILES string of the molecule is c1ccc(P(c2ccccc2)c2ccc(-c3nc(-c4cccc5ccccc45)c4c(n3)C(c3ccccc3)(c3ccccc3)c3ccccc3-4)cc2)cc1. The van der Waals surface area contributed by atoms with E-state index in [0.717, 1.165) is 33.9 Å². The van der Waals surface area contributed by atoms with E-state index >= 15 is 0 Å². The van der Waals surface area contributed by atoms with Crippen LogP contribution < -0.4 is 15.9 Å². The van der Waals surface area contributed by atoms with Crippen molar-refractivity contribution < 1.29 is 0 Å². The van der Waals surface area contributed by atoms with E-state index in [2.05, 4.69) is 212 Å². The molecule has 0 saturated carbocycles. The molecule has 0 bridgehead atoms. The van der Waals surface area contributed by atoms with Crippen LogP contribution >= 0.6 is 7.92 Å². The molecule has 1 aliphatic carbocycles. The normalized spacial score (nSPS) is 12.8. The summed E-state index contributed by atoms with van der Waals surface area (Å²) >= 11 is 0. The molecule has 0 radical (unpaired) electrons. The lowest BCUT2D eigenvalue weighted by atomic mass is 9.69. The zero-order chi connectivity index (χ0) is 35.9. The van der Waals surface area contributed by atoms with Crippen LogP contribution in [0.4, 0.5) is 0 Å². The highest BCUT2D eigenvalue weighted by molar-refractivity contribution is 7.79. The Labute approximate surface area is 317 Å². The Kier molecular flexibility index (Phi) is 8.05. The van der Waals surface area contributed by atoms with Crippen LogP contribution in [0.25, 0.3) is 44.5 Å². The molecular weight excluding hydrogens is 672 g/mol. The highest BCUT2D eigenvalue weighted by atomic mass is 31.1. The number of nitrogens with zero attached hydrogens (tertiary/aromatic N) is 2. The van der Waals surface area contributed by atoms with Gasteiger partial charge in [-0.2, -0.15) is 0 Å². The van der Waals surface area contributed by atoms with E-state index in [-0.39, 0.29) is 0 Å². The van der Waals surface area contributed by atoms with Crippen molar-refractivity contribution in [3.63, 3.8) is 0 Å². The second-order valence-electron chi connectivity index (χ2n) is 13.7. The van der Waals surface area contributed by atoms with E-state index in [9.17, 15) is 0 Å². The summed E-state index contributed by atoms with van der Waals surface area (Å²) < 4.78 is 0. The third kappa shape index (κ3) is 5.22. The van der Waals surface area contributed by atoms with Crippen LogP contribution in [-0.2, 0) is 5.41 Å². The molecule has 10 rings (SSSR count). The Hall–Kier alpha value is -6.47. The molecule has 0 fully saturated rings. The van der Waals surface area contributed by atoms with E-state index < -0.39 is 13.3 Å². The fourth-order valence-electron chi connectivity index (χ4n) is 8.39. The molecule has 0 saturated heterocycles. The summed E-state index contributed by atoms with van der Waals surface area (Å²) in [5, 5.41) is 6.30. The highest BCUT2D eigenvalue weighted by Gasteiger charge is 2.49. The molecule has 1 aromatic heterocycles. The van der Waals surface area contributed by atoms with Crippen molar-refractivity contribution in [2.24, 2.45) is 0 Å². The number of aromatic nitrogens is 2. The van der Waals surface area contributed by atoms with Gasteiger partial charge in [-0.15, -0.1) is 0 Å². The summed E-state index contributed by atoms with van der Waals surface area (Å²) in [6.45, 7) is 0. The minimum atomic E-state index is -0.742. The molecule has 0 unspecified atom stereocenters. The maximum Gasteiger partial charge on any atom is 0.160 e. The first-order chi connectivity index (χ1) is 26.8. The molecule has 0 aliphatic heterocycles. The van der Waals surface area contributed by atoms with E-state index in [1.807, 2.05) is 0 Å². The summed E-state index contributed by atoms with van der Waals surface area (Å²) in [4.78, 5) is 11.3. The van der Waals surface area contributed by atoms with Gasteiger partial charge in [0.2, 0.25) is 0 Å². The number of hydrogen-bond acceptors (Lipinski definition) is 2. The predicted octanol–water partition coefficient (Wildman–Crippen LogP) is 11.1. The third-order valence-electron chi connectivity index (χ3n) is 10.7.